The molecular weight excluding hydrogens is 1250 g/mol. The molecule has 0 amide bonds. The lowest BCUT2D eigenvalue weighted by atomic mass is 9.45. The smallest absolute Gasteiger partial charge is 0.187 e. The molecule has 8 unspecified atom stereocenters. The standard InChI is InChI=1S/C88H48O12/c1-97-85-69-47-35-23-11-12-24-36(35)48-66-65(47)81(93)61-43-31-19-7-8-20-32(31)44(62(61)82(66)94)58-57(43)77(89)53-41-29-17-5-6-18-30(29)42(54(53)78(58)90)56-55(41)79(91)59-45-33-21-9-10-22-34(33)46(60(59)80(56)92)64-63(45)83(95)67-49-37-25-13-14-26-38(37)50(68(67)84(64)96)72-71(49)87(99-3)75-51-39-27-15-16-28-40(39)52(76(75)88(72)100-4)74(73(51)85)86(98-2)70(48)69/h5-28,41-52H,1-4H3. The summed E-state index contributed by atoms with van der Waals surface area (Å²) in [5, 5.41) is 0. The molecule has 0 N–H and O–H groups in total. The first-order valence-corrected chi connectivity index (χ1v) is 34.4. The van der Waals surface area contributed by atoms with E-state index in [9.17, 15) is 0 Å². The Morgan fingerprint density at radius 2 is 0.280 bits per heavy atom. The third-order valence-electron chi connectivity index (χ3n) is 26.8. The van der Waals surface area contributed by atoms with E-state index in [0.29, 0.717) is 78.6 Å². The lowest BCUT2D eigenvalue weighted by Crippen LogP contribution is -2.51. The summed E-state index contributed by atoms with van der Waals surface area (Å²) in [7, 11) is 6.65. The summed E-state index contributed by atoms with van der Waals surface area (Å²) in [6.07, 6.45) is 0. The third-order valence-corrected chi connectivity index (χ3v) is 26.8. The van der Waals surface area contributed by atoms with Gasteiger partial charge in [0.05, 0.1) is 28.4 Å². The molecule has 0 saturated carbocycles. The number of methoxy groups -OCH3 is 4. The van der Waals surface area contributed by atoms with Crippen LogP contribution in [0.15, 0.2) is 235 Å². The quantitative estimate of drug-likeness (QED) is 0.153. The van der Waals surface area contributed by atoms with E-state index >= 15 is 38.4 Å². The summed E-state index contributed by atoms with van der Waals surface area (Å²) in [4.78, 5) is 137. The van der Waals surface area contributed by atoms with Gasteiger partial charge in [0.1, 0.15) is 23.0 Å². The van der Waals surface area contributed by atoms with Crippen molar-refractivity contribution in [2.75, 3.05) is 28.4 Å². The highest BCUT2D eigenvalue weighted by Gasteiger charge is 2.69. The van der Waals surface area contributed by atoms with Crippen LogP contribution >= 0.6 is 0 Å². The van der Waals surface area contributed by atoms with Crippen molar-refractivity contribution >= 4 is 46.3 Å². The molecule has 12 heteroatoms. The highest BCUT2D eigenvalue weighted by atomic mass is 16.5. The van der Waals surface area contributed by atoms with E-state index in [1.54, 1.807) is 28.4 Å². The van der Waals surface area contributed by atoms with Gasteiger partial charge in [0.25, 0.3) is 0 Å². The minimum absolute atomic E-state index is 0.0760. The summed E-state index contributed by atoms with van der Waals surface area (Å²) in [5.41, 5.74) is 17.3. The van der Waals surface area contributed by atoms with Gasteiger partial charge in [0.2, 0.25) is 0 Å². The first-order valence-electron chi connectivity index (χ1n) is 34.4. The zero-order valence-electron chi connectivity index (χ0n) is 53.7. The molecule has 0 radical (unpaired) electrons. The van der Waals surface area contributed by atoms with Crippen molar-refractivity contribution < 1.29 is 57.3 Å². The monoisotopic (exact) mass is 1300 g/mol. The molecule has 0 heterocycles. The van der Waals surface area contributed by atoms with E-state index in [4.69, 9.17) is 18.9 Å². The molecule has 100 heavy (non-hydrogen) atoms. The van der Waals surface area contributed by atoms with Crippen LogP contribution in [0.25, 0.3) is 0 Å². The van der Waals surface area contributed by atoms with Gasteiger partial charge in [-0.3, -0.25) is 38.4 Å². The first kappa shape index (κ1) is 53.3. The fourth-order valence-electron chi connectivity index (χ4n) is 24.1. The normalized spacial score (nSPS) is 28.4. The Morgan fingerprint density at radius 1 is 0.170 bits per heavy atom. The van der Waals surface area contributed by atoms with Crippen molar-refractivity contribution in [3.05, 3.63) is 346 Å². The Morgan fingerprint density at radius 3 is 0.420 bits per heavy atom. The van der Waals surface area contributed by atoms with E-state index in [-0.39, 0.29) is 89.2 Å². The fraction of sp³-hybridized carbons (Fsp3) is 0.182. The number of ketones is 8. The van der Waals surface area contributed by atoms with E-state index < -0.39 is 117 Å². The number of ether oxygens (including phenoxy) is 4. The van der Waals surface area contributed by atoms with Crippen molar-refractivity contribution in [1.82, 2.24) is 0 Å². The number of benzene rings is 8. The van der Waals surface area contributed by atoms with E-state index in [2.05, 4.69) is 12.1 Å². The molecule has 0 aromatic heterocycles. The number of carbonyl (C=O) groups is 8. The molecule has 22 aliphatic carbocycles. The third kappa shape index (κ3) is 5.11. The number of allylic oxidation sites excluding steroid dienone is 16. The summed E-state index contributed by atoms with van der Waals surface area (Å²) in [5.74, 6) is -13.8. The largest absolute Gasteiger partial charge is 0.496 e. The SMILES string of the molecule is COc1c2c3c(OC)c4c1C1c5ccccc5C4c4c(OC)c5c(c(OC)c41)C1C4=C(C(=O)C6=C(C4=O)C4C7=C(C(=O)C8=C(C7=O)C7C9=C(C(=O)C%10=C(C9=O)C9C%11=C(C(=O)C%12=C(C%11=O)C2c2ccccc2C%123)C%10c2ccccc29)C8c2ccccc27)C6c2ccccc24)C5c2ccccc21. The van der Waals surface area contributed by atoms with Gasteiger partial charge in [0, 0.05) is 205 Å². The van der Waals surface area contributed by atoms with Gasteiger partial charge >= 0.3 is 0 Å². The van der Waals surface area contributed by atoms with Gasteiger partial charge in [-0.05, 0) is 66.8 Å². The van der Waals surface area contributed by atoms with Crippen LogP contribution in [0.3, 0.4) is 0 Å². The summed E-state index contributed by atoms with van der Waals surface area (Å²) in [6.45, 7) is 0. The topological polar surface area (TPSA) is 173 Å². The van der Waals surface area contributed by atoms with Crippen LogP contribution in [0, 0.1) is 0 Å². The number of rotatable bonds is 4. The molecule has 0 saturated heterocycles. The number of carbonyl (C=O) groups excluding carboxylic acids is 8. The van der Waals surface area contributed by atoms with E-state index in [1.165, 1.54) is 0 Å². The van der Waals surface area contributed by atoms with Crippen LogP contribution in [-0.2, 0) is 38.4 Å². The number of hydrogen-bond donors (Lipinski definition) is 0. The van der Waals surface area contributed by atoms with Crippen molar-refractivity contribution in [2.45, 2.75) is 71.0 Å². The minimum atomic E-state index is -1.23. The molecule has 0 aliphatic heterocycles. The second-order valence-electron chi connectivity index (χ2n) is 29.7. The van der Waals surface area contributed by atoms with Crippen LogP contribution in [-0.4, -0.2) is 74.7 Å². The summed E-state index contributed by atoms with van der Waals surface area (Å²) in [6, 6.07) is 46.6. The number of hydrogen-bond acceptors (Lipinski definition) is 12. The van der Waals surface area contributed by atoms with Crippen molar-refractivity contribution in [1.29, 1.82) is 0 Å². The van der Waals surface area contributed by atoms with Gasteiger partial charge in [-0.25, -0.2) is 0 Å². The zero-order chi connectivity index (χ0) is 66.4. The van der Waals surface area contributed by atoms with Gasteiger partial charge in [-0.2, -0.15) is 0 Å². The summed E-state index contributed by atoms with van der Waals surface area (Å²) >= 11 is 0. The average molecular weight is 1300 g/mol. The second-order valence-corrected chi connectivity index (χ2v) is 29.7. The van der Waals surface area contributed by atoms with Crippen molar-refractivity contribution in [3.63, 3.8) is 0 Å². The van der Waals surface area contributed by atoms with Gasteiger partial charge in [-0.15, -0.1) is 0 Å². The second kappa shape index (κ2) is 16.8. The maximum absolute atomic E-state index is 17.2. The molecule has 12 nitrogen and oxygen atoms in total. The molecule has 8 aromatic carbocycles. The maximum atomic E-state index is 17.2. The average Bonchev–Trinajstić information content (AvgIpc) is 0.651. The Balaban J connectivity index is 0.827. The lowest BCUT2D eigenvalue weighted by Gasteiger charge is -2.54. The predicted molar refractivity (Wildman–Crippen MR) is 360 cm³/mol. The Bertz CT molecular complexity index is 5520. The zero-order valence-corrected chi connectivity index (χ0v) is 53.7. The summed E-state index contributed by atoms with van der Waals surface area (Å²) < 4.78 is 28.3. The van der Waals surface area contributed by atoms with E-state index in [1.807, 2.05) is 133 Å². The fourth-order valence-corrected chi connectivity index (χ4v) is 24.1. The van der Waals surface area contributed by atoms with Crippen LogP contribution in [0.5, 0.6) is 23.0 Å². The Labute approximate surface area is 569 Å². The maximum Gasteiger partial charge on any atom is 0.187 e. The highest BCUT2D eigenvalue weighted by molar-refractivity contribution is 6.40. The van der Waals surface area contributed by atoms with Crippen molar-refractivity contribution in [2.24, 2.45) is 0 Å². The van der Waals surface area contributed by atoms with E-state index in [0.717, 1.165) is 55.6 Å². The molecular formula is C88H48O12. The van der Waals surface area contributed by atoms with Crippen LogP contribution < -0.4 is 18.9 Å². The van der Waals surface area contributed by atoms with Gasteiger partial charge < -0.3 is 18.9 Å². The lowest BCUT2D eigenvalue weighted by molar-refractivity contribution is -0.120. The molecule has 12 bridgehead atoms. The van der Waals surface area contributed by atoms with Gasteiger partial charge in [-0.1, -0.05) is 146 Å². The molecule has 8 atom stereocenters. The number of Topliss-reactive ketones (excluding diaryl/α,β-unsaturated/α-hetero) is 8. The van der Waals surface area contributed by atoms with Crippen LogP contribution in [0.4, 0.5) is 0 Å². The van der Waals surface area contributed by atoms with Crippen LogP contribution in [0.2, 0.25) is 0 Å². The van der Waals surface area contributed by atoms with Crippen molar-refractivity contribution in [3.8, 4) is 23.0 Å². The molecule has 8 aromatic rings. The predicted octanol–water partition coefficient (Wildman–Crippen LogP) is 12.6. The minimum Gasteiger partial charge on any atom is -0.496 e. The Hall–Kier alpha value is -11.8. The molecule has 22 aliphatic rings. The Kier molecular flexibility index (Phi) is 8.98. The highest BCUT2D eigenvalue weighted by Crippen LogP contribution is 2.77. The molecule has 0 spiro atoms. The first-order chi connectivity index (χ1) is 49.0. The molecule has 30 rings (SSSR count). The molecule has 472 valence electrons. The molecule has 0 fully saturated rings. The van der Waals surface area contributed by atoms with Gasteiger partial charge in [0.15, 0.2) is 46.3 Å². The van der Waals surface area contributed by atoms with Crippen LogP contribution in [0.1, 0.15) is 182 Å².